The maximum atomic E-state index is 12.0. The normalized spacial score (nSPS) is 20.0. The number of carbonyl (C=O) groups excluding carboxylic acids is 1. The van der Waals surface area contributed by atoms with Crippen LogP contribution in [-0.2, 0) is 4.79 Å². The SMILES string of the molecule is Cc1ccc(NC(=O)[C@@H]2CCCCN2)c(C)n1. The minimum absolute atomic E-state index is 0.0514. The Bertz CT molecular complexity index is 411. The van der Waals surface area contributed by atoms with E-state index in [1.54, 1.807) is 0 Å². The minimum atomic E-state index is -0.0514. The van der Waals surface area contributed by atoms with Crippen molar-refractivity contribution < 1.29 is 4.79 Å². The van der Waals surface area contributed by atoms with Gasteiger partial charge in [0.15, 0.2) is 0 Å². The first-order chi connectivity index (χ1) is 8.16. The molecule has 4 heteroatoms. The zero-order valence-electron chi connectivity index (χ0n) is 10.4. The van der Waals surface area contributed by atoms with Crippen molar-refractivity contribution in [2.45, 2.75) is 39.2 Å². The zero-order valence-corrected chi connectivity index (χ0v) is 10.4. The van der Waals surface area contributed by atoms with E-state index < -0.39 is 0 Å². The predicted molar refractivity (Wildman–Crippen MR) is 68.0 cm³/mol. The lowest BCUT2D eigenvalue weighted by atomic mass is 10.0. The van der Waals surface area contributed by atoms with Crippen LogP contribution in [0.5, 0.6) is 0 Å². The minimum Gasteiger partial charge on any atom is -0.323 e. The Labute approximate surface area is 102 Å². The Morgan fingerprint density at radius 3 is 2.88 bits per heavy atom. The number of aromatic nitrogens is 1. The lowest BCUT2D eigenvalue weighted by molar-refractivity contribution is -0.118. The molecule has 0 saturated carbocycles. The van der Waals surface area contributed by atoms with E-state index in [4.69, 9.17) is 0 Å². The number of carbonyl (C=O) groups is 1. The van der Waals surface area contributed by atoms with Crippen molar-refractivity contribution in [3.63, 3.8) is 0 Å². The number of pyridine rings is 1. The number of hydrogen-bond acceptors (Lipinski definition) is 3. The van der Waals surface area contributed by atoms with Crippen LogP contribution < -0.4 is 10.6 Å². The molecular formula is C13H19N3O. The van der Waals surface area contributed by atoms with E-state index in [1.807, 2.05) is 26.0 Å². The number of nitrogens with one attached hydrogen (secondary N) is 2. The topological polar surface area (TPSA) is 54.0 Å². The van der Waals surface area contributed by atoms with Crippen molar-refractivity contribution in [2.75, 3.05) is 11.9 Å². The second kappa shape index (κ2) is 5.27. The van der Waals surface area contributed by atoms with Crippen LogP contribution in [0.1, 0.15) is 30.7 Å². The molecule has 0 spiro atoms. The summed E-state index contributed by atoms with van der Waals surface area (Å²) in [6.07, 6.45) is 3.20. The highest BCUT2D eigenvalue weighted by atomic mass is 16.2. The standard InChI is InChI=1S/C13H19N3O/c1-9-6-7-11(10(2)15-9)16-13(17)12-5-3-4-8-14-12/h6-7,12,14H,3-5,8H2,1-2H3,(H,16,17)/t12-/m0/s1. The molecule has 17 heavy (non-hydrogen) atoms. The molecule has 1 aliphatic rings. The lowest BCUT2D eigenvalue weighted by Crippen LogP contribution is -2.43. The fourth-order valence-corrected chi connectivity index (χ4v) is 2.11. The molecule has 2 heterocycles. The molecule has 0 unspecified atom stereocenters. The molecule has 1 aliphatic heterocycles. The van der Waals surface area contributed by atoms with Gasteiger partial charge in [0.05, 0.1) is 17.4 Å². The molecule has 0 bridgehead atoms. The second-order valence-electron chi connectivity index (χ2n) is 4.58. The van der Waals surface area contributed by atoms with Gasteiger partial charge in [0.1, 0.15) is 0 Å². The third kappa shape index (κ3) is 3.03. The molecule has 0 aromatic carbocycles. The Morgan fingerprint density at radius 1 is 1.41 bits per heavy atom. The Hall–Kier alpha value is -1.42. The van der Waals surface area contributed by atoms with Crippen LogP contribution in [-0.4, -0.2) is 23.5 Å². The van der Waals surface area contributed by atoms with E-state index in [1.165, 1.54) is 0 Å². The summed E-state index contributed by atoms with van der Waals surface area (Å²) < 4.78 is 0. The highest BCUT2D eigenvalue weighted by molar-refractivity contribution is 5.95. The summed E-state index contributed by atoms with van der Waals surface area (Å²) in [6.45, 7) is 4.79. The molecule has 1 amide bonds. The van der Waals surface area contributed by atoms with Crippen molar-refractivity contribution in [1.82, 2.24) is 10.3 Å². The number of anilines is 1. The maximum absolute atomic E-state index is 12.0. The number of rotatable bonds is 2. The molecule has 1 atom stereocenters. The first kappa shape index (κ1) is 12.0. The quantitative estimate of drug-likeness (QED) is 0.818. The second-order valence-corrected chi connectivity index (χ2v) is 4.58. The third-order valence-electron chi connectivity index (χ3n) is 3.11. The fourth-order valence-electron chi connectivity index (χ4n) is 2.11. The van der Waals surface area contributed by atoms with E-state index in [2.05, 4.69) is 15.6 Å². The summed E-state index contributed by atoms with van der Waals surface area (Å²) in [4.78, 5) is 16.3. The molecule has 92 valence electrons. The zero-order chi connectivity index (χ0) is 12.3. The first-order valence-corrected chi connectivity index (χ1v) is 6.15. The fraction of sp³-hybridized carbons (Fsp3) is 0.538. The van der Waals surface area contributed by atoms with Gasteiger partial charge in [0.25, 0.3) is 0 Å². The monoisotopic (exact) mass is 233 g/mol. The summed E-state index contributed by atoms with van der Waals surface area (Å²) in [5, 5.41) is 6.18. The Morgan fingerprint density at radius 2 is 2.24 bits per heavy atom. The van der Waals surface area contributed by atoms with Gasteiger partial charge in [-0.15, -0.1) is 0 Å². The van der Waals surface area contributed by atoms with Crippen molar-refractivity contribution >= 4 is 11.6 Å². The number of aryl methyl sites for hydroxylation is 2. The van der Waals surface area contributed by atoms with Crippen molar-refractivity contribution in [1.29, 1.82) is 0 Å². The van der Waals surface area contributed by atoms with Crippen LogP contribution in [0.2, 0.25) is 0 Å². The maximum Gasteiger partial charge on any atom is 0.241 e. The van der Waals surface area contributed by atoms with Gasteiger partial charge >= 0.3 is 0 Å². The number of piperidine rings is 1. The molecule has 1 saturated heterocycles. The van der Waals surface area contributed by atoms with E-state index in [-0.39, 0.29) is 11.9 Å². The van der Waals surface area contributed by atoms with Gasteiger partial charge in [-0.3, -0.25) is 9.78 Å². The molecule has 1 fully saturated rings. The molecule has 2 N–H and O–H groups in total. The van der Waals surface area contributed by atoms with E-state index >= 15 is 0 Å². The summed E-state index contributed by atoms with van der Waals surface area (Å²) >= 11 is 0. The summed E-state index contributed by atoms with van der Waals surface area (Å²) in [5.74, 6) is 0.0541. The Kier molecular flexibility index (Phi) is 3.74. The van der Waals surface area contributed by atoms with Gasteiger partial charge < -0.3 is 10.6 Å². The largest absolute Gasteiger partial charge is 0.323 e. The van der Waals surface area contributed by atoms with Crippen molar-refractivity contribution in [3.05, 3.63) is 23.5 Å². The summed E-state index contributed by atoms with van der Waals surface area (Å²) in [7, 11) is 0. The molecule has 0 radical (unpaired) electrons. The smallest absolute Gasteiger partial charge is 0.241 e. The van der Waals surface area contributed by atoms with Crippen molar-refractivity contribution in [3.8, 4) is 0 Å². The van der Waals surface area contributed by atoms with Gasteiger partial charge in [0, 0.05) is 5.69 Å². The molecule has 2 rings (SSSR count). The molecule has 4 nitrogen and oxygen atoms in total. The van der Waals surface area contributed by atoms with Crippen LogP contribution in [0.3, 0.4) is 0 Å². The van der Waals surface area contributed by atoms with Gasteiger partial charge in [-0.05, 0) is 45.4 Å². The lowest BCUT2D eigenvalue weighted by Gasteiger charge is -2.22. The summed E-state index contributed by atoms with van der Waals surface area (Å²) in [6, 6.07) is 3.78. The molecular weight excluding hydrogens is 214 g/mol. The van der Waals surface area contributed by atoms with Gasteiger partial charge in [-0.1, -0.05) is 6.42 Å². The van der Waals surface area contributed by atoms with Crippen LogP contribution in [0.15, 0.2) is 12.1 Å². The van der Waals surface area contributed by atoms with Crippen molar-refractivity contribution in [2.24, 2.45) is 0 Å². The highest BCUT2D eigenvalue weighted by Gasteiger charge is 2.20. The predicted octanol–water partition coefficient (Wildman–Crippen LogP) is 1.78. The third-order valence-corrected chi connectivity index (χ3v) is 3.11. The average molecular weight is 233 g/mol. The number of amides is 1. The highest BCUT2D eigenvalue weighted by Crippen LogP contribution is 2.14. The summed E-state index contributed by atoms with van der Waals surface area (Å²) in [5.41, 5.74) is 2.65. The number of hydrogen-bond donors (Lipinski definition) is 2. The molecule has 1 aromatic heterocycles. The van der Waals surface area contributed by atoms with Crippen LogP contribution in [0.4, 0.5) is 5.69 Å². The van der Waals surface area contributed by atoms with Gasteiger partial charge in [-0.25, -0.2) is 0 Å². The Balaban J connectivity index is 2.02. The van der Waals surface area contributed by atoms with Crippen LogP contribution in [0.25, 0.3) is 0 Å². The first-order valence-electron chi connectivity index (χ1n) is 6.15. The van der Waals surface area contributed by atoms with E-state index in [0.29, 0.717) is 0 Å². The average Bonchev–Trinajstić information content (AvgIpc) is 2.34. The molecule has 0 aliphatic carbocycles. The number of nitrogens with zero attached hydrogens (tertiary/aromatic N) is 1. The molecule has 1 aromatic rings. The van der Waals surface area contributed by atoms with Gasteiger partial charge in [-0.2, -0.15) is 0 Å². The van der Waals surface area contributed by atoms with E-state index in [9.17, 15) is 4.79 Å². The van der Waals surface area contributed by atoms with Crippen LogP contribution >= 0.6 is 0 Å². The van der Waals surface area contributed by atoms with Crippen LogP contribution in [0, 0.1) is 13.8 Å². The van der Waals surface area contributed by atoms with E-state index in [0.717, 1.165) is 42.9 Å². The van der Waals surface area contributed by atoms with Gasteiger partial charge in [0.2, 0.25) is 5.91 Å².